The molecule has 1 spiro atoms. The summed E-state index contributed by atoms with van der Waals surface area (Å²) in [6.07, 6.45) is 3.89. The van der Waals surface area contributed by atoms with Gasteiger partial charge in [-0.3, -0.25) is 0 Å². The number of hydrogen-bond acceptors (Lipinski definition) is 0. The summed E-state index contributed by atoms with van der Waals surface area (Å²) in [6, 6.07) is 19.3. The van der Waals surface area contributed by atoms with Crippen LogP contribution in [0.4, 0.5) is 0 Å². The number of fused-ring (bicyclic) bond motifs is 2. The van der Waals surface area contributed by atoms with E-state index in [1.165, 1.54) is 29.2 Å². The van der Waals surface area contributed by atoms with Crippen molar-refractivity contribution in [1.29, 1.82) is 0 Å². The van der Waals surface area contributed by atoms with Gasteiger partial charge in [-0.15, -0.1) is 0 Å². The van der Waals surface area contributed by atoms with Crippen LogP contribution in [-0.2, 0) is 5.41 Å². The summed E-state index contributed by atoms with van der Waals surface area (Å²) in [5, 5.41) is 0. The average Bonchev–Trinajstić information content (AvgIpc) is 2.89. The van der Waals surface area contributed by atoms with Crippen LogP contribution < -0.4 is 0 Å². The molecule has 2 aliphatic carbocycles. The van der Waals surface area contributed by atoms with E-state index in [0.29, 0.717) is 10.8 Å². The molecule has 1 fully saturated rings. The van der Waals surface area contributed by atoms with Gasteiger partial charge in [-0.1, -0.05) is 108 Å². The van der Waals surface area contributed by atoms with Gasteiger partial charge in [0, 0.05) is 13.5 Å². The van der Waals surface area contributed by atoms with Crippen LogP contribution in [0.25, 0.3) is 17.2 Å². The van der Waals surface area contributed by atoms with Crippen molar-refractivity contribution in [2.24, 2.45) is 10.8 Å². The highest BCUT2D eigenvalue weighted by Crippen LogP contribution is 2.74. The van der Waals surface area contributed by atoms with E-state index in [9.17, 15) is 0 Å². The molecule has 0 nitrogen and oxygen atoms in total. The first-order valence-corrected chi connectivity index (χ1v) is 14.1. The van der Waals surface area contributed by atoms with Crippen LogP contribution in [0.1, 0.15) is 45.2 Å². The fourth-order valence-electron chi connectivity index (χ4n) is 6.91. The number of hydrogen-bond donors (Lipinski definition) is 0. The number of rotatable bonds is 3. The van der Waals surface area contributed by atoms with E-state index in [0.717, 1.165) is 0 Å². The Labute approximate surface area is 166 Å². The summed E-state index contributed by atoms with van der Waals surface area (Å²) >= 11 is 0. The molecule has 2 aliphatic rings. The van der Waals surface area contributed by atoms with E-state index in [1.54, 1.807) is 11.1 Å². The maximum atomic E-state index is 2.60. The SMILES string of the molecule is CC1(C)CC(C)(C)C12C(C[Si](C)(C)C)=Cc1c(-c3ccccc3)cccc12. The normalized spacial score (nSPS) is 21.5. The Morgan fingerprint density at radius 2 is 1.44 bits per heavy atom. The van der Waals surface area contributed by atoms with Gasteiger partial charge < -0.3 is 0 Å². The molecule has 2 aromatic carbocycles. The van der Waals surface area contributed by atoms with Gasteiger partial charge in [0.2, 0.25) is 0 Å². The first-order chi connectivity index (χ1) is 12.5. The van der Waals surface area contributed by atoms with Crippen molar-refractivity contribution in [3.05, 3.63) is 65.2 Å². The van der Waals surface area contributed by atoms with E-state index >= 15 is 0 Å². The van der Waals surface area contributed by atoms with Crippen LogP contribution in [0.2, 0.25) is 25.7 Å². The van der Waals surface area contributed by atoms with E-state index in [2.05, 4.69) is 102 Å². The molecule has 0 radical (unpaired) electrons. The van der Waals surface area contributed by atoms with Gasteiger partial charge in [0.15, 0.2) is 0 Å². The van der Waals surface area contributed by atoms with E-state index in [4.69, 9.17) is 0 Å². The monoisotopic (exact) mass is 374 g/mol. The molecule has 0 atom stereocenters. The highest BCUT2D eigenvalue weighted by Gasteiger charge is 2.69. The van der Waals surface area contributed by atoms with E-state index in [-0.39, 0.29) is 5.41 Å². The van der Waals surface area contributed by atoms with Crippen LogP contribution in [0.3, 0.4) is 0 Å². The summed E-state index contributed by atoms with van der Waals surface area (Å²) < 4.78 is 0. The Morgan fingerprint density at radius 1 is 0.815 bits per heavy atom. The Morgan fingerprint density at radius 3 is 2.00 bits per heavy atom. The molecule has 0 amide bonds. The maximum Gasteiger partial charge on any atom is 0.0483 e. The molecule has 0 saturated heterocycles. The lowest BCUT2D eigenvalue weighted by Crippen LogP contribution is -2.64. The van der Waals surface area contributed by atoms with Crippen molar-refractivity contribution >= 4 is 14.1 Å². The van der Waals surface area contributed by atoms with Crippen LogP contribution in [-0.4, -0.2) is 8.07 Å². The second-order valence-corrected chi connectivity index (χ2v) is 16.7. The highest BCUT2D eigenvalue weighted by molar-refractivity contribution is 6.76. The van der Waals surface area contributed by atoms with Gasteiger partial charge in [-0.25, -0.2) is 0 Å². The molecule has 0 aromatic heterocycles. The predicted molar refractivity (Wildman–Crippen MR) is 122 cm³/mol. The molecule has 4 rings (SSSR count). The zero-order valence-electron chi connectivity index (χ0n) is 18.1. The van der Waals surface area contributed by atoms with E-state index < -0.39 is 8.07 Å². The molecule has 2 aromatic rings. The lowest BCUT2D eigenvalue weighted by atomic mass is 9.35. The van der Waals surface area contributed by atoms with E-state index in [1.807, 2.05) is 0 Å². The van der Waals surface area contributed by atoms with Gasteiger partial charge in [-0.05, 0) is 45.5 Å². The summed E-state index contributed by atoms with van der Waals surface area (Å²) in [4.78, 5) is 0. The molecule has 142 valence electrons. The molecule has 0 unspecified atom stereocenters. The van der Waals surface area contributed by atoms with Crippen molar-refractivity contribution in [1.82, 2.24) is 0 Å². The topological polar surface area (TPSA) is 0 Å². The lowest BCUT2D eigenvalue weighted by molar-refractivity contribution is -0.0889. The van der Waals surface area contributed by atoms with Gasteiger partial charge >= 0.3 is 0 Å². The zero-order valence-corrected chi connectivity index (χ0v) is 19.1. The molecule has 27 heavy (non-hydrogen) atoms. The molecule has 0 heterocycles. The quantitative estimate of drug-likeness (QED) is 0.481. The third-order valence-electron chi connectivity index (χ3n) is 7.03. The minimum absolute atomic E-state index is 0.181. The lowest BCUT2D eigenvalue weighted by Gasteiger charge is -2.68. The third kappa shape index (κ3) is 2.54. The van der Waals surface area contributed by atoms with Gasteiger partial charge in [0.1, 0.15) is 0 Å². The van der Waals surface area contributed by atoms with Crippen molar-refractivity contribution in [3.8, 4) is 11.1 Å². The third-order valence-corrected chi connectivity index (χ3v) is 8.47. The predicted octanol–water partition coefficient (Wildman–Crippen LogP) is 7.78. The van der Waals surface area contributed by atoms with Gasteiger partial charge in [-0.2, -0.15) is 0 Å². The minimum atomic E-state index is -1.22. The Balaban J connectivity index is 1.99. The fraction of sp³-hybridized carbons (Fsp3) is 0.462. The van der Waals surface area contributed by atoms with Gasteiger partial charge in [0.25, 0.3) is 0 Å². The van der Waals surface area contributed by atoms with Gasteiger partial charge in [0.05, 0.1) is 0 Å². The Kier molecular flexibility index (Phi) is 3.96. The van der Waals surface area contributed by atoms with Crippen molar-refractivity contribution in [2.75, 3.05) is 0 Å². The fourth-order valence-corrected chi connectivity index (χ4v) is 8.42. The Bertz CT molecular complexity index is 893. The molecular formula is C26H34Si. The summed E-state index contributed by atoms with van der Waals surface area (Å²) in [7, 11) is -1.22. The molecule has 0 bridgehead atoms. The zero-order chi connectivity index (χ0) is 19.7. The van der Waals surface area contributed by atoms with Crippen molar-refractivity contribution in [3.63, 3.8) is 0 Å². The summed E-state index contributed by atoms with van der Waals surface area (Å²) in [6.45, 7) is 17.5. The van der Waals surface area contributed by atoms with Crippen LogP contribution in [0.15, 0.2) is 54.1 Å². The van der Waals surface area contributed by atoms with Crippen molar-refractivity contribution < 1.29 is 0 Å². The second-order valence-electron chi connectivity index (χ2n) is 11.2. The minimum Gasteiger partial charge on any atom is -0.0693 e. The highest BCUT2D eigenvalue weighted by atomic mass is 28.3. The summed E-state index contributed by atoms with van der Waals surface area (Å²) in [5.41, 5.74) is 8.31. The molecule has 0 N–H and O–H groups in total. The van der Waals surface area contributed by atoms with Crippen LogP contribution in [0.5, 0.6) is 0 Å². The maximum absolute atomic E-state index is 2.60. The Hall–Kier alpha value is -1.60. The molecule has 0 aliphatic heterocycles. The molecular weight excluding hydrogens is 340 g/mol. The molecule has 1 heteroatoms. The van der Waals surface area contributed by atoms with Crippen LogP contribution in [0, 0.1) is 10.8 Å². The summed E-state index contributed by atoms with van der Waals surface area (Å²) in [5.74, 6) is 0. The average molecular weight is 375 g/mol. The first kappa shape index (κ1) is 18.7. The van der Waals surface area contributed by atoms with Crippen LogP contribution >= 0.6 is 0 Å². The smallest absolute Gasteiger partial charge is 0.0483 e. The number of allylic oxidation sites excluding steroid dienone is 1. The molecule has 1 saturated carbocycles. The largest absolute Gasteiger partial charge is 0.0693 e. The standard InChI is InChI=1S/C26H34Si/c1-24(2)18-25(3,4)26(24)20(17-27(5,6)7)16-22-21(14-11-15-23(22)26)19-12-9-8-10-13-19/h8-16H,17-18H2,1-7H3. The second kappa shape index (κ2) is 5.70. The number of benzene rings is 2. The van der Waals surface area contributed by atoms with Crippen molar-refractivity contribution in [2.45, 2.75) is 65.2 Å². The first-order valence-electron chi connectivity index (χ1n) is 10.4.